The van der Waals surface area contributed by atoms with Crippen LogP contribution in [-0.2, 0) is 19.9 Å². The highest BCUT2D eigenvalue weighted by Crippen LogP contribution is 2.26. The molecule has 0 radical (unpaired) electrons. The van der Waals surface area contributed by atoms with Gasteiger partial charge in [-0.1, -0.05) is 36.2 Å². The molecule has 1 N–H and O–H groups in total. The molecule has 0 heterocycles. The molecule has 136 valence electrons. The van der Waals surface area contributed by atoms with Crippen molar-refractivity contribution in [3.05, 3.63) is 58.1 Å². The molecule has 0 saturated heterocycles. The summed E-state index contributed by atoms with van der Waals surface area (Å²) >= 11 is 11.8. The minimum atomic E-state index is -3.82. The van der Waals surface area contributed by atoms with Crippen LogP contribution in [0, 0.1) is 0 Å². The van der Waals surface area contributed by atoms with Crippen molar-refractivity contribution in [2.24, 2.45) is 0 Å². The van der Waals surface area contributed by atoms with Gasteiger partial charge in [0.2, 0.25) is 10.0 Å². The number of sulfonamides is 1. The van der Waals surface area contributed by atoms with Crippen LogP contribution in [0.1, 0.15) is 25.5 Å². The van der Waals surface area contributed by atoms with Crippen LogP contribution >= 0.6 is 23.2 Å². The fourth-order valence-electron chi connectivity index (χ4n) is 2.14. The average molecular weight is 422 g/mol. The smallest absolute Gasteiger partial charge is 0.224 e. The second kappa shape index (κ2) is 7.63. The Morgan fingerprint density at radius 1 is 0.920 bits per heavy atom. The van der Waals surface area contributed by atoms with Crippen molar-refractivity contribution in [1.29, 1.82) is 0 Å². The number of hydrogen-bond acceptors (Lipinski definition) is 4. The third kappa shape index (κ3) is 4.74. The zero-order valence-corrected chi connectivity index (χ0v) is 16.7. The van der Waals surface area contributed by atoms with E-state index >= 15 is 0 Å². The Hall–Kier alpha value is -1.12. The van der Waals surface area contributed by atoms with Crippen molar-refractivity contribution < 1.29 is 16.8 Å². The molecule has 0 spiro atoms. The summed E-state index contributed by atoms with van der Waals surface area (Å²) in [6.07, 6.45) is 0. The van der Waals surface area contributed by atoms with Crippen molar-refractivity contribution in [2.45, 2.75) is 29.7 Å². The van der Waals surface area contributed by atoms with Gasteiger partial charge in [0.05, 0.1) is 25.6 Å². The van der Waals surface area contributed by atoms with Gasteiger partial charge in [0.1, 0.15) is 0 Å². The molecule has 0 aliphatic heterocycles. The second-order valence-corrected chi connectivity index (χ2v) is 10.2. The van der Waals surface area contributed by atoms with E-state index in [0.29, 0.717) is 15.6 Å². The Bertz CT molecular complexity index is 972. The van der Waals surface area contributed by atoms with Gasteiger partial charge in [-0.25, -0.2) is 21.6 Å². The van der Waals surface area contributed by atoms with Crippen molar-refractivity contribution in [3.63, 3.8) is 0 Å². The van der Waals surface area contributed by atoms with Crippen LogP contribution in [0.15, 0.2) is 52.3 Å². The standard InChI is InChI=1S/C16H17Cl2NO4S2/c1-3-24(20,21)13-5-7-14(8-6-13)25(22,23)19-11(2)12-4-9-15(17)16(18)10-12/h4-11,19H,3H2,1-2H3. The Balaban J connectivity index is 2.25. The topological polar surface area (TPSA) is 80.3 Å². The largest absolute Gasteiger partial charge is 0.241 e. The number of sulfone groups is 1. The summed E-state index contributed by atoms with van der Waals surface area (Å²) in [6, 6.07) is 9.44. The van der Waals surface area contributed by atoms with Gasteiger partial charge in [-0.2, -0.15) is 0 Å². The highest BCUT2D eigenvalue weighted by Gasteiger charge is 2.20. The Morgan fingerprint density at radius 3 is 2.00 bits per heavy atom. The van der Waals surface area contributed by atoms with Crippen LogP contribution in [0.4, 0.5) is 0 Å². The monoisotopic (exact) mass is 421 g/mol. The van der Waals surface area contributed by atoms with Crippen LogP contribution in [0.5, 0.6) is 0 Å². The normalized spacial score (nSPS) is 13.6. The molecule has 2 aromatic rings. The lowest BCUT2D eigenvalue weighted by Crippen LogP contribution is -2.27. The number of nitrogens with one attached hydrogen (secondary N) is 1. The van der Waals surface area contributed by atoms with Crippen LogP contribution in [0.3, 0.4) is 0 Å². The summed E-state index contributed by atoms with van der Waals surface area (Å²) in [4.78, 5) is 0.0703. The molecule has 1 atom stereocenters. The van der Waals surface area contributed by atoms with Gasteiger partial charge in [-0.3, -0.25) is 0 Å². The Labute approximate surface area is 157 Å². The first-order valence-electron chi connectivity index (χ1n) is 7.37. The van der Waals surface area contributed by atoms with E-state index in [4.69, 9.17) is 23.2 Å². The minimum absolute atomic E-state index is 0.0190. The molecular formula is C16H17Cl2NO4S2. The van der Waals surface area contributed by atoms with E-state index in [2.05, 4.69) is 4.72 Å². The fourth-order valence-corrected chi connectivity index (χ4v) is 4.57. The van der Waals surface area contributed by atoms with E-state index in [-0.39, 0.29) is 15.5 Å². The number of rotatable bonds is 6. The Kier molecular flexibility index (Phi) is 6.17. The van der Waals surface area contributed by atoms with Gasteiger partial charge >= 0.3 is 0 Å². The van der Waals surface area contributed by atoms with Gasteiger partial charge < -0.3 is 0 Å². The molecule has 0 amide bonds. The van der Waals surface area contributed by atoms with Crippen molar-refractivity contribution in [2.75, 3.05) is 5.75 Å². The molecule has 5 nitrogen and oxygen atoms in total. The van der Waals surface area contributed by atoms with E-state index in [1.165, 1.54) is 31.2 Å². The van der Waals surface area contributed by atoms with Crippen molar-refractivity contribution in [3.8, 4) is 0 Å². The van der Waals surface area contributed by atoms with Crippen LogP contribution in [-0.4, -0.2) is 22.6 Å². The maximum atomic E-state index is 12.5. The van der Waals surface area contributed by atoms with Gasteiger partial charge in [0, 0.05) is 6.04 Å². The molecule has 0 bridgehead atoms. The zero-order chi connectivity index (χ0) is 18.8. The lowest BCUT2D eigenvalue weighted by molar-refractivity contribution is 0.566. The number of hydrogen-bond donors (Lipinski definition) is 1. The third-order valence-corrected chi connectivity index (χ3v) is 7.69. The van der Waals surface area contributed by atoms with Gasteiger partial charge in [0.25, 0.3) is 0 Å². The molecule has 9 heteroatoms. The van der Waals surface area contributed by atoms with Crippen molar-refractivity contribution in [1.82, 2.24) is 4.72 Å². The average Bonchev–Trinajstić information content (AvgIpc) is 2.57. The Morgan fingerprint density at radius 2 is 1.48 bits per heavy atom. The molecule has 25 heavy (non-hydrogen) atoms. The molecule has 2 rings (SSSR count). The van der Waals surface area contributed by atoms with Gasteiger partial charge in [-0.15, -0.1) is 0 Å². The second-order valence-electron chi connectivity index (χ2n) is 5.39. The predicted molar refractivity (Wildman–Crippen MR) is 99.4 cm³/mol. The molecule has 2 aromatic carbocycles. The van der Waals surface area contributed by atoms with E-state index in [1.54, 1.807) is 25.1 Å². The van der Waals surface area contributed by atoms with E-state index < -0.39 is 25.9 Å². The number of benzene rings is 2. The zero-order valence-electron chi connectivity index (χ0n) is 13.5. The number of halogens is 2. The molecule has 0 aliphatic carbocycles. The maximum Gasteiger partial charge on any atom is 0.241 e. The van der Waals surface area contributed by atoms with Crippen LogP contribution in [0.25, 0.3) is 0 Å². The van der Waals surface area contributed by atoms with Gasteiger partial charge in [0.15, 0.2) is 9.84 Å². The van der Waals surface area contributed by atoms with E-state index in [0.717, 1.165) is 0 Å². The van der Waals surface area contributed by atoms with Crippen molar-refractivity contribution >= 4 is 43.1 Å². The minimum Gasteiger partial charge on any atom is -0.224 e. The first-order chi connectivity index (χ1) is 11.6. The summed E-state index contributed by atoms with van der Waals surface area (Å²) in [5, 5.41) is 0.715. The summed E-state index contributed by atoms with van der Waals surface area (Å²) in [5.74, 6) is -0.0499. The third-order valence-electron chi connectivity index (χ3n) is 3.65. The maximum absolute atomic E-state index is 12.5. The van der Waals surface area contributed by atoms with E-state index in [9.17, 15) is 16.8 Å². The molecule has 0 aromatic heterocycles. The summed E-state index contributed by atoms with van der Waals surface area (Å²) in [5.41, 5.74) is 0.656. The van der Waals surface area contributed by atoms with E-state index in [1.807, 2.05) is 0 Å². The first-order valence-corrected chi connectivity index (χ1v) is 11.3. The highest BCUT2D eigenvalue weighted by molar-refractivity contribution is 7.91. The van der Waals surface area contributed by atoms with Crippen LogP contribution in [0.2, 0.25) is 10.0 Å². The molecule has 0 fully saturated rings. The molecule has 1 unspecified atom stereocenters. The van der Waals surface area contributed by atoms with Gasteiger partial charge in [-0.05, 0) is 48.9 Å². The molecule has 0 aliphatic rings. The predicted octanol–water partition coefficient (Wildman–Crippen LogP) is 3.83. The summed E-state index contributed by atoms with van der Waals surface area (Å²) in [6.45, 7) is 3.20. The van der Waals surface area contributed by atoms with Crippen LogP contribution < -0.4 is 4.72 Å². The fraction of sp³-hybridized carbons (Fsp3) is 0.250. The lowest BCUT2D eigenvalue weighted by Gasteiger charge is -2.15. The summed E-state index contributed by atoms with van der Waals surface area (Å²) in [7, 11) is -7.20. The summed E-state index contributed by atoms with van der Waals surface area (Å²) < 4.78 is 51.1. The quantitative estimate of drug-likeness (QED) is 0.768. The highest BCUT2D eigenvalue weighted by atomic mass is 35.5. The first kappa shape index (κ1) is 20.2. The SMILES string of the molecule is CCS(=O)(=O)c1ccc(S(=O)(=O)NC(C)c2ccc(Cl)c(Cl)c2)cc1. The molecular weight excluding hydrogens is 405 g/mol. The molecule has 0 saturated carbocycles. The lowest BCUT2D eigenvalue weighted by atomic mass is 10.1.